The first-order chi connectivity index (χ1) is 9.42. The number of hydrogen-bond acceptors (Lipinski definition) is 3. The maximum atomic E-state index is 13.1. The summed E-state index contributed by atoms with van der Waals surface area (Å²) in [5.74, 6) is -0.389. The Kier molecular flexibility index (Phi) is 4.06. The number of aryl methyl sites for hydroxylation is 1. The summed E-state index contributed by atoms with van der Waals surface area (Å²) >= 11 is 0. The molecule has 0 radical (unpaired) electrons. The summed E-state index contributed by atoms with van der Waals surface area (Å²) in [5.41, 5.74) is 1.29. The highest BCUT2D eigenvalue weighted by Crippen LogP contribution is 2.19. The van der Waals surface area contributed by atoms with Crippen LogP contribution in [0.15, 0.2) is 47.4 Å². The van der Waals surface area contributed by atoms with Crippen molar-refractivity contribution in [1.29, 1.82) is 0 Å². The van der Waals surface area contributed by atoms with Gasteiger partial charge in [-0.3, -0.25) is 4.72 Å². The van der Waals surface area contributed by atoms with Crippen molar-refractivity contribution in [3.8, 4) is 0 Å². The van der Waals surface area contributed by atoms with E-state index in [1.165, 1.54) is 42.5 Å². The lowest BCUT2D eigenvalue weighted by atomic mass is 10.2. The highest BCUT2D eigenvalue weighted by molar-refractivity contribution is 7.92. The Bertz CT molecular complexity index is 712. The molecule has 0 aliphatic carbocycles. The number of benzene rings is 2. The zero-order valence-corrected chi connectivity index (χ0v) is 11.6. The predicted octanol–water partition coefficient (Wildman–Crippen LogP) is 2.43. The van der Waals surface area contributed by atoms with Gasteiger partial charge in [0, 0.05) is 5.69 Å². The average molecular weight is 295 g/mol. The van der Waals surface area contributed by atoms with Crippen LogP contribution >= 0.6 is 0 Å². The van der Waals surface area contributed by atoms with Gasteiger partial charge in [-0.05, 0) is 48.4 Å². The highest BCUT2D eigenvalue weighted by atomic mass is 32.2. The third-order valence-corrected chi connectivity index (χ3v) is 4.22. The van der Waals surface area contributed by atoms with Gasteiger partial charge in [-0.1, -0.05) is 12.1 Å². The van der Waals surface area contributed by atoms with E-state index < -0.39 is 10.0 Å². The van der Waals surface area contributed by atoms with Gasteiger partial charge in [-0.2, -0.15) is 0 Å². The van der Waals surface area contributed by atoms with Gasteiger partial charge in [-0.15, -0.1) is 0 Å². The Morgan fingerprint density at radius 1 is 1.15 bits per heavy atom. The molecular formula is C14H14FNO3S. The molecule has 0 saturated carbocycles. The lowest BCUT2D eigenvalue weighted by Crippen LogP contribution is -2.13. The fourth-order valence-electron chi connectivity index (χ4n) is 1.70. The molecule has 2 N–H and O–H groups in total. The van der Waals surface area contributed by atoms with Crippen molar-refractivity contribution in [2.45, 2.75) is 18.4 Å². The van der Waals surface area contributed by atoms with Crippen molar-refractivity contribution in [3.05, 3.63) is 59.4 Å². The van der Waals surface area contributed by atoms with Gasteiger partial charge < -0.3 is 5.11 Å². The van der Waals surface area contributed by atoms with Crippen LogP contribution in [0.1, 0.15) is 11.1 Å². The molecule has 0 aliphatic rings. The molecular weight excluding hydrogens is 281 g/mol. The van der Waals surface area contributed by atoms with Crippen LogP contribution in [0.5, 0.6) is 0 Å². The maximum Gasteiger partial charge on any atom is 0.261 e. The third-order valence-electron chi connectivity index (χ3n) is 2.83. The van der Waals surface area contributed by atoms with Gasteiger partial charge in [-0.25, -0.2) is 12.8 Å². The summed E-state index contributed by atoms with van der Waals surface area (Å²) in [6.07, 6.45) is 0. The second-order valence-electron chi connectivity index (χ2n) is 4.37. The van der Waals surface area contributed by atoms with E-state index in [4.69, 9.17) is 5.11 Å². The molecule has 0 heterocycles. The first-order valence-corrected chi connectivity index (χ1v) is 7.39. The normalized spacial score (nSPS) is 11.3. The van der Waals surface area contributed by atoms with Crippen molar-refractivity contribution in [2.24, 2.45) is 0 Å². The summed E-state index contributed by atoms with van der Waals surface area (Å²) in [5, 5.41) is 8.92. The molecule has 0 fully saturated rings. The fraction of sp³-hybridized carbons (Fsp3) is 0.143. The summed E-state index contributed by atoms with van der Waals surface area (Å²) in [7, 11) is -3.72. The molecule has 0 aromatic heterocycles. The molecule has 0 unspecified atom stereocenters. The molecule has 2 aromatic carbocycles. The van der Waals surface area contributed by atoms with Crippen molar-refractivity contribution < 1.29 is 17.9 Å². The summed E-state index contributed by atoms with van der Waals surface area (Å²) < 4.78 is 39.8. The molecule has 4 nitrogen and oxygen atoms in total. The Morgan fingerprint density at radius 3 is 2.35 bits per heavy atom. The van der Waals surface area contributed by atoms with Crippen molar-refractivity contribution in [1.82, 2.24) is 0 Å². The molecule has 0 saturated heterocycles. The minimum absolute atomic E-state index is 0.0803. The minimum atomic E-state index is -3.72. The number of sulfonamides is 1. The number of anilines is 1. The van der Waals surface area contributed by atoms with Crippen molar-refractivity contribution in [2.75, 3.05) is 4.72 Å². The number of aliphatic hydroxyl groups is 1. The number of nitrogens with one attached hydrogen (secondary N) is 1. The topological polar surface area (TPSA) is 66.4 Å². The quantitative estimate of drug-likeness (QED) is 0.910. The summed E-state index contributed by atoms with van der Waals surface area (Å²) in [6, 6.07) is 9.88. The molecule has 0 amide bonds. The van der Waals surface area contributed by atoms with Crippen LogP contribution in [-0.4, -0.2) is 13.5 Å². The summed E-state index contributed by atoms with van der Waals surface area (Å²) in [6.45, 7) is 1.41. The highest BCUT2D eigenvalue weighted by Gasteiger charge is 2.14. The van der Waals surface area contributed by atoms with Crippen molar-refractivity contribution >= 4 is 15.7 Å². The average Bonchev–Trinajstić information content (AvgIpc) is 2.43. The molecule has 0 spiro atoms. The number of aliphatic hydroxyl groups excluding tert-OH is 1. The molecule has 2 rings (SSSR count). The predicted molar refractivity (Wildman–Crippen MR) is 74.3 cm³/mol. The monoisotopic (exact) mass is 295 g/mol. The van der Waals surface area contributed by atoms with E-state index >= 15 is 0 Å². The number of halogens is 1. The zero-order chi connectivity index (χ0) is 14.8. The third kappa shape index (κ3) is 3.15. The van der Waals surface area contributed by atoms with Crippen LogP contribution in [0.3, 0.4) is 0 Å². The van der Waals surface area contributed by atoms with E-state index in [9.17, 15) is 12.8 Å². The Labute approximate surface area is 116 Å². The molecule has 20 heavy (non-hydrogen) atoms. The van der Waals surface area contributed by atoms with Crippen LogP contribution in [0.25, 0.3) is 0 Å². The van der Waals surface area contributed by atoms with E-state index in [1.54, 1.807) is 6.92 Å². The maximum absolute atomic E-state index is 13.1. The molecule has 106 valence electrons. The van der Waals surface area contributed by atoms with Gasteiger partial charge in [0.05, 0.1) is 11.5 Å². The first-order valence-electron chi connectivity index (χ1n) is 5.91. The van der Waals surface area contributed by atoms with E-state index in [0.29, 0.717) is 16.8 Å². The Balaban J connectivity index is 2.27. The smallest absolute Gasteiger partial charge is 0.261 e. The minimum Gasteiger partial charge on any atom is -0.392 e. The van der Waals surface area contributed by atoms with Crippen LogP contribution in [-0.2, 0) is 16.6 Å². The zero-order valence-electron chi connectivity index (χ0n) is 10.8. The van der Waals surface area contributed by atoms with E-state index in [0.717, 1.165) is 0 Å². The van der Waals surface area contributed by atoms with Gasteiger partial charge in [0.2, 0.25) is 0 Å². The van der Waals surface area contributed by atoms with Gasteiger partial charge in [0.25, 0.3) is 10.0 Å². The van der Waals surface area contributed by atoms with E-state index in [-0.39, 0.29) is 17.3 Å². The molecule has 2 aromatic rings. The van der Waals surface area contributed by atoms with Gasteiger partial charge in [0.1, 0.15) is 5.82 Å². The second kappa shape index (κ2) is 5.60. The van der Waals surface area contributed by atoms with Crippen molar-refractivity contribution in [3.63, 3.8) is 0 Å². The summed E-state index contributed by atoms with van der Waals surface area (Å²) in [4.78, 5) is 0.0803. The van der Waals surface area contributed by atoms with E-state index in [1.807, 2.05) is 0 Å². The van der Waals surface area contributed by atoms with Gasteiger partial charge in [0.15, 0.2) is 0 Å². The second-order valence-corrected chi connectivity index (χ2v) is 6.05. The number of rotatable bonds is 4. The molecule has 0 bridgehead atoms. The van der Waals surface area contributed by atoms with Crippen LogP contribution in [0, 0.1) is 12.7 Å². The fourth-order valence-corrected chi connectivity index (χ4v) is 2.75. The lowest BCUT2D eigenvalue weighted by Gasteiger charge is -2.09. The van der Waals surface area contributed by atoms with Crippen LogP contribution in [0.4, 0.5) is 10.1 Å². The Morgan fingerprint density at radius 2 is 1.80 bits per heavy atom. The molecule has 6 heteroatoms. The molecule has 0 atom stereocenters. The SMILES string of the molecule is Cc1cc(NS(=O)(=O)c2ccc(CO)cc2)ccc1F. The Hall–Kier alpha value is -1.92. The van der Waals surface area contributed by atoms with Gasteiger partial charge >= 0.3 is 0 Å². The van der Waals surface area contributed by atoms with Crippen LogP contribution < -0.4 is 4.72 Å². The van der Waals surface area contributed by atoms with E-state index in [2.05, 4.69) is 4.72 Å². The lowest BCUT2D eigenvalue weighted by molar-refractivity contribution is 0.282. The molecule has 0 aliphatic heterocycles. The first kappa shape index (κ1) is 14.5. The standard InChI is InChI=1S/C14H14FNO3S/c1-10-8-12(4-7-14(10)15)16-20(18,19)13-5-2-11(9-17)3-6-13/h2-8,16-17H,9H2,1H3. The van der Waals surface area contributed by atoms with Crippen LogP contribution in [0.2, 0.25) is 0 Å². The number of hydrogen-bond donors (Lipinski definition) is 2. The largest absolute Gasteiger partial charge is 0.392 e.